The molecule has 0 bridgehead atoms. The van der Waals surface area contributed by atoms with Crippen LogP contribution in [0.4, 0.5) is 10.5 Å². The lowest BCUT2D eigenvalue weighted by Crippen LogP contribution is -2.51. The summed E-state index contributed by atoms with van der Waals surface area (Å²) in [4.78, 5) is 42.1. The van der Waals surface area contributed by atoms with E-state index in [2.05, 4.69) is 16.7 Å². The molecule has 2 atom stereocenters. The quantitative estimate of drug-likeness (QED) is 0.233. The number of phenolic OH excluding ortho intramolecular Hbond substituents is 1. The predicted octanol–water partition coefficient (Wildman–Crippen LogP) is 5.86. The monoisotopic (exact) mass is 569 g/mol. The van der Waals surface area contributed by atoms with Gasteiger partial charge in [0.2, 0.25) is 0 Å². The Morgan fingerprint density at radius 1 is 0.952 bits per heavy atom. The number of benzene rings is 3. The number of carbonyl (C=O) groups is 3. The maximum Gasteiger partial charge on any atom is 0.408 e. The SMILES string of the molecule is C#CN(C(=O)C(Cc1ccc(O)cc1)NC(=O)OC(C)(C)C)C(C(=O)Nc1c(C)cccc1C)c1cc(C)cc(C)c1. The molecule has 0 aromatic heterocycles. The summed E-state index contributed by atoms with van der Waals surface area (Å²) in [7, 11) is 0. The van der Waals surface area contributed by atoms with Crippen LogP contribution < -0.4 is 10.6 Å². The normalized spacial score (nSPS) is 12.4. The number of para-hydroxylation sites is 1. The summed E-state index contributed by atoms with van der Waals surface area (Å²) in [6, 6.07) is 17.6. The van der Waals surface area contributed by atoms with E-state index in [0.717, 1.165) is 27.2 Å². The molecule has 0 saturated carbocycles. The third-order valence-electron chi connectivity index (χ3n) is 6.54. The van der Waals surface area contributed by atoms with E-state index in [1.165, 1.54) is 12.1 Å². The minimum Gasteiger partial charge on any atom is -0.508 e. The van der Waals surface area contributed by atoms with Crippen LogP contribution in [-0.4, -0.2) is 39.6 Å². The smallest absolute Gasteiger partial charge is 0.408 e. The fourth-order valence-corrected chi connectivity index (χ4v) is 4.74. The Morgan fingerprint density at radius 2 is 1.52 bits per heavy atom. The Morgan fingerprint density at radius 3 is 2.05 bits per heavy atom. The first-order valence-corrected chi connectivity index (χ1v) is 13.7. The molecule has 2 unspecified atom stereocenters. The van der Waals surface area contributed by atoms with Gasteiger partial charge >= 0.3 is 6.09 Å². The number of amides is 3. The zero-order chi connectivity index (χ0) is 31.2. The van der Waals surface area contributed by atoms with E-state index in [0.29, 0.717) is 16.8 Å². The number of alkyl carbamates (subject to hydrolysis) is 1. The molecule has 3 N–H and O–H groups in total. The Bertz CT molecular complexity index is 1460. The summed E-state index contributed by atoms with van der Waals surface area (Å²) in [5, 5.41) is 15.4. The van der Waals surface area contributed by atoms with Crippen LogP contribution in [0.2, 0.25) is 0 Å². The van der Waals surface area contributed by atoms with Crippen molar-refractivity contribution >= 4 is 23.6 Å². The van der Waals surface area contributed by atoms with Gasteiger partial charge in [0.05, 0.1) is 0 Å². The number of ether oxygens (including phenoxy) is 1. The maximum absolute atomic E-state index is 14.2. The first-order chi connectivity index (χ1) is 19.7. The number of rotatable bonds is 8. The molecule has 0 spiro atoms. The molecular weight excluding hydrogens is 530 g/mol. The van der Waals surface area contributed by atoms with E-state index in [9.17, 15) is 19.5 Å². The first kappa shape index (κ1) is 31.8. The number of nitrogens with zero attached hydrogens (tertiary/aromatic N) is 1. The maximum atomic E-state index is 14.2. The standard InChI is InChI=1S/C34H39N3O5/c1-9-37(32(40)28(35-33(41)42-34(6,7)8)20-25-13-15-27(38)16-14-25)30(26-18-21(2)17-22(3)19-26)31(39)36-29-23(4)11-10-12-24(29)5/h1,10-19,28,30,38H,20H2,2-8H3,(H,35,41)(H,36,39). The molecule has 8 heteroatoms. The fraction of sp³-hybridized carbons (Fsp3) is 0.324. The van der Waals surface area contributed by atoms with E-state index in [-0.39, 0.29) is 12.2 Å². The van der Waals surface area contributed by atoms with Crippen LogP contribution in [0.5, 0.6) is 5.75 Å². The summed E-state index contributed by atoms with van der Waals surface area (Å²) in [6.07, 6.45) is 5.19. The minimum atomic E-state index is -1.21. The Hall–Kier alpha value is -4.77. The molecule has 8 nitrogen and oxygen atoms in total. The van der Waals surface area contributed by atoms with E-state index in [1.54, 1.807) is 32.9 Å². The number of anilines is 1. The number of aryl methyl sites for hydroxylation is 4. The molecule has 3 aromatic carbocycles. The summed E-state index contributed by atoms with van der Waals surface area (Å²) < 4.78 is 5.43. The van der Waals surface area contributed by atoms with Gasteiger partial charge in [-0.25, -0.2) is 4.79 Å². The van der Waals surface area contributed by atoms with Crippen molar-refractivity contribution in [2.75, 3.05) is 5.32 Å². The number of hydrogen-bond acceptors (Lipinski definition) is 5. The zero-order valence-electron chi connectivity index (χ0n) is 25.2. The van der Waals surface area contributed by atoms with Crippen molar-refractivity contribution in [2.24, 2.45) is 0 Å². The van der Waals surface area contributed by atoms with Gasteiger partial charge in [0.15, 0.2) is 0 Å². The lowest BCUT2D eigenvalue weighted by atomic mass is 9.97. The van der Waals surface area contributed by atoms with Crippen LogP contribution in [0.3, 0.4) is 0 Å². The van der Waals surface area contributed by atoms with Crippen molar-refractivity contribution < 1.29 is 24.2 Å². The predicted molar refractivity (Wildman–Crippen MR) is 164 cm³/mol. The number of aromatic hydroxyl groups is 1. The van der Waals surface area contributed by atoms with Gasteiger partial charge in [-0.15, -0.1) is 0 Å². The summed E-state index contributed by atoms with van der Waals surface area (Å²) in [5.41, 5.74) is 4.52. The Kier molecular flexibility index (Phi) is 10.0. The second kappa shape index (κ2) is 13.3. The van der Waals surface area contributed by atoms with Gasteiger partial charge in [-0.05, 0) is 82.9 Å². The molecule has 0 radical (unpaired) electrons. The average molecular weight is 570 g/mol. The van der Waals surface area contributed by atoms with Crippen LogP contribution >= 0.6 is 0 Å². The van der Waals surface area contributed by atoms with Gasteiger partial charge in [0.25, 0.3) is 11.8 Å². The number of nitrogens with one attached hydrogen (secondary N) is 2. The van der Waals surface area contributed by atoms with E-state index < -0.39 is 35.6 Å². The van der Waals surface area contributed by atoms with Gasteiger partial charge in [0, 0.05) is 18.2 Å². The third kappa shape index (κ3) is 8.37. The lowest BCUT2D eigenvalue weighted by molar-refractivity contribution is -0.136. The summed E-state index contributed by atoms with van der Waals surface area (Å²) in [5.74, 6) is -1.10. The lowest BCUT2D eigenvalue weighted by Gasteiger charge is -2.31. The van der Waals surface area contributed by atoms with E-state index in [1.807, 2.05) is 64.1 Å². The highest BCUT2D eigenvalue weighted by Crippen LogP contribution is 2.28. The number of carbonyl (C=O) groups excluding carboxylic acids is 3. The zero-order valence-corrected chi connectivity index (χ0v) is 25.2. The molecule has 0 fully saturated rings. The van der Waals surface area contributed by atoms with E-state index in [4.69, 9.17) is 11.2 Å². The molecule has 0 aliphatic rings. The molecule has 42 heavy (non-hydrogen) atoms. The third-order valence-corrected chi connectivity index (χ3v) is 6.54. The van der Waals surface area contributed by atoms with E-state index >= 15 is 0 Å². The van der Waals surface area contributed by atoms with Crippen LogP contribution in [-0.2, 0) is 20.7 Å². The van der Waals surface area contributed by atoms with Crippen LogP contribution in [0.1, 0.15) is 60.2 Å². The molecule has 3 aromatic rings. The molecular formula is C34H39N3O5. The van der Waals surface area contributed by atoms with Crippen molar-refractivity contribution in [3.05, 3.63) is 94.0 Å². The van der Waals surface area contributed by atoms with Gasteiger partial charge in [-0.3, -0.25) is 14.5 Å². The minimum absolute atomic E-state index is 0.0363. The van der Waals surface area contributed by atoms with Gasteiger partial charge < -0.3 is 20.5 Å². The Labute approximate surface area is 248 Å². The highest BCUT2D eigenvalue weighted by Gasteiger charge is 2.36. The van der Waals surface area contributed by atoms with Gasteiger partial charge in [0.1, 0.15) is 23.4 Å². The fourth-order valence-electron chi connectivity index (χ4n) is 4.74. The number of phenols is 1. The molecule has 220 valence electrons. The van der Waals surface area contributed by atoms with Crippen molar-refractivity contribution in [1.29, 1.82) is 0 Å². The summed E-state index contributed by atoms with van der Waals surface area (Å²) in [6.45, 7) is 12.7. The topological polar surface area (TPSA) is 108 Å². The molecule has 0 aliphatic carbocycles. The van der Waals surface area contributed by atoms with Gasteiger partial charge in [-0.2, -0.15) is 0 Å². The molecule has 0 heterocycles. The molecule has 3 amide bonds. The Balaban J connectivity index is 2.08. The molecule has 0 saturated heterocycles. The summed E-state index contributed by atoms with van der Waals surface area (Å²) >= 11 is 0. The second-order valence-corrected chi connectivity index (χ2v) is 11.5. The second-order valence-electron chi connectivity index (χ2n) is 11.5. The molecule has 0 aliphatic heterocycles. The number of terminal acetylenes is 1. The highest BCUT2D eigenvalue weighted by molar-refractivity contribution is 6.00. The van der Waals surface area contributed by atoms with Crippen molar-refractivity contribution in [3.8, 4) is 18.2 Å². The van der Waals surface area contributed by atoms with Crippen molar-refractivity contribution in [1.82, 2.24) is 10.2 Å². The van der Waals surface area contributed by atoms with Crippen LogP contribution in [0.25, 0.3) is 0 Å². The van der Waals surface area contributed by atoms with Crippen LogP contribution in [0, 0.1) is 40.2 Å². The largest absolute Gasteiger partial charge is 0.508 e. The number of hydrogen-bond donors (Lipinski definition) is 3. The van der Waals surface area contributed by atoms with Crippen LogP contribution in [0.15, 0.2) is 60.7 Å². The highest BCUT2D eigenvalue weighted by atomic mass is 16.6. The van der Waals surface area contributed by atoms with Crippen molar-refractivity contribution in [3.63, 3.8) is 0 Å². The van der Waals surface area contributed by atoms with Crippen molar-refractivity contribution in [2.45, 2.75) is 72.6 Å². The first-order valence-electron chi connectivity index (χ1n) is 13.7. The van der Waals surface area contributed by atoms with Gasteiger partial charge in [-0.1, -0.05) is 66.1 Å². The average Bonchev–Trinajstić information content (AvgIpc) is 2.88. The molecule has 3 rings (SSSR count).